The predicted octanol–water partition coefficient (Wildman–Crippen LogP) is 0.984. The minimum Gasteiger partial charge on any atom is -0.373 e. The van der Waals surface area contributed by atoms with Gasteiger partial charge in [0.25, 0.3) is 0 Å². The Morgan fingerprint density at radius 2 is 1.67 bits per heavy atom. The first kappa shape index (κ1) is 20.6. The lowest BCUT2D eigenvalue weighted by molar-refractivity contribution is -0.142. The number of amides is 3. The van der Waals surface area contributed by atoms with Gasteiger partial charge in [-0.25, -0.2) is 0 Å². The van der Waals surface area contributed by atoms with Gasteiger partial charge in [-0.1, -0.05) is 19.3 Å². The van der Waals surface area contributed by atoms with Crippen molar-refractivity contribution >= 4 is 30.1 Å². The summed E-state index contributed by atoms with van der Waals surface area (Å²) in [5, 5.41) is 3.03. The molecule has 0 spiro atoms. The first-order valence-corrected chi connectivity index (χ1v) is 10.1. The van der Waals surface area contributed by atoms with Gasteiger partial charge in [0.15, 0.2) is 0 Å². The lowest BCUT2D eigenvalue weighted by Gasteiger charge is -2.30. The minimum atomic E-state index is -0.316. The van der Waals surface area contributed by atoms with E-state index in [0.717, 1.165) is 25.7 Å². The summed E-state index contributed by atoms with van der Waals surface area (Å²) < 4.78 is 5.73. The molecular formula is C19H30ClN3O4. The Morgan fingerprint density at radius 3 is 2.22 bits per heavy atom. The van der Waals surface area contributed by atoms with Crippen LogP contribution in [0.3, 0.4) is 0 Å². The zero-order valence-corrected chi connectivity index (χ0v) is 16.4. The van der Waals surface area contributed by atoms with Crippen LogP contribution in [0, 0.1) is 17.8 Å². The van der Waals surface area contributed by atoms with Crippen LogP contribution in [0.5, 0.6) is 0 Å². The zero-order valence-electron chi connectivity index (χ0n) is 15.6. The molecule has 152 valence electrons. The number of fused-ring (bicyclic) bond motifs is 5. The summed E-state index contributed by atoms with van der Waals surface area (Å²) in [5.74, 6) is -0.611. The molecule has 1 saturated carbocycles. The molecule has 3 N–H and O–H groups in total. The van der Waals surface area contributed by atoms with Gasteiger partial charge in [0.2, 0.25) is 17.7 Å². The maximum atomic E-state index is 12.6. The van der Waals surface area contributed by atoms with E-state index in [1.165, 1.54) is 24.2 Å². The fourth-order valence-corrected chi connectivity index (χ4v) is 5.39. The number of carbonyl (C=O) groups is 3. The third kappa shape index (κ3) is 3.74. The Hall–Kier alpha value is -1.18. The summed E-state index contributed by atoms with van der Waals surface area (Å²) in [7, 11) is 0. The van der Waals surface area contributed by atoms with E-state index in [-0.39, 0.29) is 73.2 Å². The van der Waals surface area contributed by atoms with Crippen LogP contribution < -0.4 is 11.1 Å². The highest BCUT2D eigenvalue weighted by Gasteiger charge is 2.62. The molecule has 3 aliphatic heterocycles. The maximum absolute atomic E-state index is 12.6. The summed E-state index contributed by atoms with van der Waals surface area (Å²) in [6, 6.07) is -0.00333. The summed E-state index contributed by atoms with van der Waals surface area (Å²) in [5.41, 5.74) is 5.87. The molecule has 1 aliphatic carbocycles. The van der Waals surface area contributed by atoms with Crippen molar-refractivity contribution in [3.8, 4) is 0 Å². The van der Waals surface area contributed by atoms with Crippen LogP contribution in [-0.2, 0) is 19.1 Å². The highest BCUT2D eigenvalue weighted by Crippen LogP contribution is 2.48. The number of carbonyl (C=O) groups excluding carboxylic acids is 3. The summed E-state index contributed by atoms with van der Waals surface area (Å²) in [6.07, 6.45) is 7.53. The van der Waals surface area contributed by atoms with Crippen molar-refractivity contribution in [2.24, 2.45) is 23.5 Å². The van der Waals surface area contributed by atoms with Gasteiger partial charge >= 0.3 is 0 Å². The molecule has 2 bridgehead atoms. The van der Waals surface area contributed by atoms with Crippen LogP contribution in [-0.4, -0.2) is 54.0 Å². The van der Waals surface area contributed by atoms with Crippen molar-refractivity contribution in [3.05, 3.63) is 0 Å². The molecule has 7 nitrogen and oxygen atoms in total. The van der Waals surface area contributed by atoms with Crippen LogP contribution in [0.25, 0.3) is 0 Å². The number of hydrogen-bond donors (Lipinski definition) is 2. The molecule has 5 atom stereocenters. The monoisotopic (exact) mass is 399 g/mol. The smallest absolute Gasteiger partial charge is 0.235 e. The normalized spacial score (nSPS) is 33.7. The summed E-state index contributed by atoms with van der Waals surface area (Å²) in [4.78, 5) is 38.9. The Morgan fingerprint density at radius 1 is 1.07 bits per heavy atom. The molecule has 3 saturated heterocycles. The third-order valence-corrected chi connectivity index (χ3v) is 6.76. The van der Waals surface area contributed by atoms with E-state index in [0.29, 0.717) is 12.5 Å². The summed E-state index contributed by atoms with van der Waals surface area (Å²) >= 11 is 0. The van der Waals surface area contributed by atoms with E-state index in [1.807, 2.05) is 0 Å². The van der Waals surface area contributed by atoms with Crippen LogP contribution in [0.15, 0.2) is 0 Å². The standard InChI is InChI=1S/C19H29N3O4.ClH/c20-10-12(11-4-2-1-3-5-11)21-15(23)8-9-22-18(24)16-13-6-7-14(26-13)17(16)19(22)25;/h11-14,16-17H,1-10,20H2,(H,21,23);1H. The highest BCUT2D eigenvalue weighted by molar-refractivity contribution is 6.06. The average Bonchev–Trinajstić information content (AvgIpc) is 3.33. The number of halogens is 1. The molecule has 0 aromatic rings. The topological polar surface area (TPSA) is 102 Å². The number of likely N-dealkylation sites (tertiary alicyclic amines) is 1. The minimum absolute atomic E-state index is 0. The van der Waals surface area contributed by atoms with Gasteiger partial charge in [-0.15, -0.1) is 12.4 Å². The lowest BCUT2D eigenvalue weighted by atomic mass is 9.81. The van der Waals surface area contributed by atoms with Crippen LogP contribution in [0.2, 0.25) is 0 Å². The highest BCUT2D eigenvalue weighted by atomic mass is 35.5. The van der Waals surface area contributed by atoms with Crippen molar-refractivity contribution < 1.29 is 19.1 Å². The number of imide groups is 1. The fraction of sp³-hybridized carbons (Fsp3) is 0.842. The van der Waals surface area contributed by atoms with Crippen LogP contribution in [0.1, 0.15) is 51.4 Å². The molecule has 4 rings (SSSR count). The van der Waals surface area contributed by atoms with E-state index in [1.54, 1.807) is 0 Å². The molecule has 27 heavy (non-hydrogen) atoms. The number of nitrogens with zero attached hydrogens (tertiary/aromatic N) is 1. The molecule has 3 amide bonds. The number of nitrogens with two attached hydrogens (primary N) is 1. The number of rotatable bonds is 6. The maximum Gasteiger partial charge on any atom is 0.235 e. The molecular weight excluding hydrogens is 370 g/mol. The third-order valence-electron chi connectivity index (χ3n) is 6.76. The van der Waals surface area contributed by atoms with Gasteiger partial charge in [0.05, 0.1) is 24.0 Å². The SMILES string of the molecule is Cl.NCC(NC(=O)CCN1C(=O)C2C3CCC(O3)C2C1=O)C1CCCCC1. The first-order chi connectivity index (χ1) is 12.6. The number of hydrogen-bond acceptors (Lipinski definition) is 5. The fourth-order valence-electron chi connectivity index (χ4n) is 5.39. The largest absolute Gasteiger partial charge is 0.373 e. The Labute approximate surface area is 166 Å². The van der Waals surface area contributed by atoms with E-state index in [4.69, 9.17) is 10.5 Å². The Balaban J connectivity index is 0.00000210. The number of ether oxygens (including phenoxy) is 1. The molecule has 8 heteroatoms. The van der Waals surface area contributed by atoms with Gasteiger partial charge in [-0.3, -0.25) is 19.3 Å². The lowest BCUT2D eigenvalue weighted by Crippen LogP contribution is -2.47. The van der Waals surface area contributed by atoms with Crippen molar-refractivity contribution in [1.82, 2.24) is 10.2 Å². The molecule has 3 heterocycles. The molecule has 0 aromatic heterocycles. The second-order valence-electron chi connectivity index (χ2n) is 8.23. The Bertz CT molecular complexity index is 568. The van der Waals surface area contributed by atoms with Gasteiger partial charge in [-0.05, 0) is 31.6 Å². The molecule has 0 aromatic carbocycles. The Kier molecular flexibility index (Phi) is 6.43. The van der Waals surface area contributed by atoms with Gasteiger partial charge < -0.3 is 15.8 Å². The molecule has 0 radical (unpaired) electrons. The summed E-state index contributed by atoms with van der Waals surface area (Å²) in [6.45, 7) is 0.598. The number of nitrogens with one attached hydrogen (secondary N) is 1. The van der Waals surface area contributed by atoms with E-state index in [9.17, 15) is 14.4 Å². The molecule has 5 unspecified atom stereocenters. The molecule has 4 aliphatic rings. The van der Waals surface area contributed by atoms with Gasteiger partial charge in [0.1, 0.15) is 0 Å². The quantitative estimate of drug-likeness (QED) is 0.648. The van der Waals surface area contributed by atoms with E-state index < -0.39 is 0 Å². The van der Waals surface area contributed by atoms with Gasteiger partial charge in [0, 0.05) is 25.6 Å². The van der Waals surface area contributed by atoms with Gasteiger partial charge in [-0.2, -0.15) is 0 Å². The van der Waals surface area contributed by atoms with E-state index in [2.05, 4.69) is 5.32 Å². The average molecular weight is 400 g/mol. The second-order valence-corrected chi connectivity index (χ2v) is 8.23. The van der Waals surface area contributed by atoms with Crippen LogP contribution >= 0.6 is 12.4 Å². The molecule has 4 fully saturated rings. The van der Waals surface area contributed by atoms with Crippen molar-refractivity contribution in [1.29, 1.82) is 0 Å². The van der Waals surface area contributed by atoms with Crippen molar-refractivity contribution in [2.45, 2.75) is 69.6 Å². The zero-order chi connectivity index (χ0) is 18.3. The van der Waals surface area contributed by atoms with Crippen molar-refractivity contribution in [3.63, 3.8) is 0 Å². The van der Waals surface area contributed by atoms with Crippen LogP contribution in [0.4, 0.5) is 0 Å². The van der Waals surface area contributed by atoms with E-state index >= 15 is 0 Å². The first-order valence-electron chi connectivity index (χ1n) is 10.1. The van der Waals surface area contributed by atoms with Crippen molar-refractivity contribution in [2.75, 3.05) is 13.1 Å². The second kappa shape index (κ2) is 8.45. The predicted molar refractivity (Wildman–Crippen MR) is 101 cm³/mol.